The third-order valence-electron chi connectivity index (χ3n) is 1.98. The molecule has 0 radical (unpaired) electrons. The van der Waals surface area contributed by atoms with Gasteiger partial charge in [-0.1, -0.05) is 0 Å². The number of hydrogen-bond donors (Lipinski definition) is 0. The molecule has 0 aliphatic carbocycles. The van der Waals surface area contributed by atoms with Gasteiger partial charge in [-0.25, -0.2) is 4.57 Å². The van der Waals surface area contributed by atoms with E-state index in [9.17, 15) is 4.57 Å². The van der Waals surface area contributed by atoms with E-state index in [-0.39, 0.29) is 26.9 Å². The number of methoxy groups -OCH3 is 1. The van der Waals surface area contributed by atoms with E-state index in [2.05, 4.69) is 0 Å². The highest BCUT2D eigenvalue weighted by molar-refractivity contribution is 7.17. The summed E-state index contributed by atoms with van der Waals surface area (Å²) in [4.78, 5) is 0. The largest absolute Gasteiger partial charge is 0.379 e. The SMILES string of the molecule is BC1C[C@@H](OC)C(COP=O)O1. The van der Waals surface area contributed by atoms with Crippen molar-refractivity contribution in [2.45, 2.75) is 24.6 Å². The van der Waals surface area contributed by atoms with Crippen molar-refractivity contribution in [3.8, 4) is 0 Å². The van der Waals surface area contributed by atoms with Gasteiger partial charge in [-0.2, -0.15) is 0 Å². The average Bonchev–Trinajstić information content (AvgIpc) is 2.42. The van der Waals surface area contributed by atoms with Crippen LogP contribution in [0.5, 0.6) is 0 Å². The molecule has 1 heterocycles. The fraction of sp³-hybridized carbons (Fsp3) is 1.00. The van der Waals surface area contributed by atoms with Crippen molar-refractivity contribution in [2.75, 3.05) is 13.7 Å². The maximum absolute atomic E-state index is 10.0. The van der Waals surface area contributed by atoms with Gasteiger partial charge >= 0.3 is 8.69 Å². The van der Waals surface area contributed by atoms with Crippen LogP contribution >= 0.6 is 8.69 Å². The van der Waals surface area contributed by atoms with E-state index in [4.69, 9.17) is 14.0 Å². The van der Waals surface area contributed by atoms with Gasteiger partial charge in [-0.15, -0.1) is 0 Å². The van der Waals surface area contributed by atoms with E-state index in [0.717, 1.165) is 6.42 Å². The zero-order valence-electron chi connectivity index (χ0n) is 7.23. The van der Waals surface area contributed by atoms with Crippen LogP contribution < -0.4 is 0 Å². The van der Waals surface area contributed by atoms with E-state index < -0.39 is 0 Å². The Hall–Kier alpha value is 0.0449. The maximum atomic E-state index is 10.0. The molecule has 0 aromatic heterocycles. The Bertz CT molecular complexity index is 156. The molecule has 0 saturated carbocycles. The maximum Gasteiger partial charge on any atom is 0.327 e. The molecular weight excluding hydrogens is 178 g/mol. The molecule has 1 rings (SSSR count). The van der Waals surface area contributed by atoms with Gasteiger partial charge in [0.25, 0.3) is 0 Å². The van der Waals surface area contributed by atoms with Crippen molar-refractivity contribution in [1.29, 1.82) is 0 Å². The van der Waals surface area contributed by atoms with Crippen molar-refractivity contribution in [2.24, 2.45) is 0 Å². The van der Waals surface area contributed by atoms with Crippen molar-refractivity contribution in [3.63, 3.8) is 0 Å². The summed E-state index contributed by atoms with van der Waals surface area (Å²) in [5.41, 5.74) is 0. The lowest BCUT2D eigenvalue weighted by Gasteiger charge is -2.14. The lowest BCUT2D eigenvalue weighted by atomic mass is 9.96. The van der Waals surface area contributed by atoms with Gasteiger partial charge in [0.1, 0.15) is 14.0 Å². The van der Waals surface area contributed by atoms with Crippen molar-refractivity contribution < 1.29 is 18.6 Å². The second-order valence-corrected chi connectivity index (χ2v) is 3.27. The molecule has 0 bridgehead atoms. The highest BCUT2D eigenvalue weighted by Gasteiger charge is 2.32. The first-order chi connectivity index (χ1) is 5.77. The zero-order valence-corrected chi connectivity index (χ0v) is 8.12. The molecule has 1 saturated heterocycles. The topological polar surface area (TPSA) is 44.8 Å². The Morgan fingerprint density at radius 2 is 2.50 bits per heavy atom. The highest BCUT2D eigenvalue weighted by Crippen LogP contribution is 2.21. The third kappa shape index (κ3) is 2.52. The van der Waals surface area contributed by atoms with E-state index in [1.54, 1.807) is 7.11 Å². The molecule has 1 fully saturated rings. The minimum Gasteiger partial charge on any atom is -0.379 e. The van der Waals surface area contributed by atoms with E-state index in [1.165, 1.54) is 0 Å². The molecule has 68 valence electrons. The molecule has 0 aromatic carbocycles. The molecule has 6 heteroatoms. The predicted molar refractivity (Wildman–Crippen MR) is 46.2 cm³/mol. The number of ether oxygens (including phenoxy) is 2. The normalized spacial score (nSPS) is 35.9. The van der Waals surface area contributed by atoms with Gasteiger partial charge in [0.05, 0.1) is 12.7 Å². The van der Waals surface area contributed by atoms with Gasteiger partial charge in [-0.3, -0.25) is 4.52 Å². The lowest BCUT2D eigenvalue weighted by Crippen LogP contribution is -2.27. The van der Waals surface area contributed by atoms with Crippen molar-refractivity contribution in [1.82, 2.24) is 0 Å². The fourth-order valence-electron chi connectivity index (χ4n) is 1.42. The van der Waals surface area contributed by atoms with Crippen LogP contribution in [0.1, 0.15) is 6.42 Å². The summed E-state index contributed by atoms with van der Waals surface area (Å²) in [5, 5.41) is 0. The molecule has 0 N–H and O–H groups in total. The van der Waals surface area contributed by atoms with E-state index in [0.29, 0.717) is 6.61 Å². The first-order valence-corrected chi connectivity index (χ1v) is 4.63. The zero-order chi connectivity index (χ0) is 8.97. The third-order valence-corrected chi connectivity index (χ3v) is 2.23. The summed E-state index contributed by atoms with van der Waals surface area (Å²) in [6.07, 6.45) is 0.869. The molecule has 1 aliphatic heterocycles. The highest BCUT2D eigenvalue weighted by atomic mass is 31.1. The molecule has 2 unspecified atom stereocenters. The predicted octanol–water partition coefficient (Wildman–Crippen LogP) is -0.0272. The molecule has 0 aromatic rings. The van der Waals surface area contributed by atoms with Crippen LogP contribution in [-0.4, -0.2) is 39.8 Å². The van der Waals surface area contributed by atoms with Crippen molar-refractivity contribution >= 4 is 16.5 Å². The number of rotatable bonds is 4. The van der Waals surface area contributed by atoms with Crippen LogP contribution in [0, 0.1) is 0 Å². The lowest BCUT2D eigenvalue weighted by molar-refractivity contribution is -0.0125. The molecule has 0 amide bonds. The van der Waals surface area contributed by atoms with Gasteiger partial charge in [-0.05, 0) is 6.42 Å². The standard InChI is InChI=1S/C6H12BO4P/c1-9-4-2-6(7)11-5(4)3-10-12-8/h4-6H,2-3,7H2,1H3/t4-,5?,6?/m1/s1. The quantitative estimate of drug-likeness (QED) is 0.461. The van der Waals surface area contributed by atoms with Crippen LogP contribution in [-0.2, 0) is 18.6 Å². The van der Waals surface area contributed by atoms with Crippen LogP contribution in [0.4, 0.5) is 0 Å². The Kier molecular flexibility index (Phi) is 4.16. The smallest absolute Gasteiger partial charge is 0.327 e. The Morgan fingerprint density at radius 3 is 3.08 bits per heavy atom. The van der Waals surface area contributed by atoms with Crippen molar-refractivity contribution in [3.05, 3.63) is 0 Å². The van der Waals surface area contributed by atoms with E-state index in [1.807, 2.05) is 7.85 Å². The van der Waals surface area contributed by atoms with Gasteiger partial charge < -0.3 is 9.47 Å². The summed E-state index contributed by atoms with van der Waals surface area (Å²) < 4.78 is 25.4. The second kappa shape index (κ2) is 4.92. The number of hydrogen-bond acceptors (Lipinski definition) is 4. The summed E-state index contributed by atoms with van der Waals surface area (Å²) in [5.74, 6) is 0. The Balaban J connectivity index is 2.35. The van der Waals surface area contributed by atoms with Crippen LogP contribution in [0.2, 0.25) is 0 Å². The fourth-order valence-corrected chi connectivity index (χ4v) is 1.63. The monoisotopic (exact) mass is 190 g/mol. The molecular formula is C6H12BO4P. The Morgan fingerprint density at radius 1 is 1.75 bits per heavy atom. The van der Waals surface area contributed by atoms with Gasteiger partial charge in [0, 0.05) is 13.1 Å². The molecule has 0 spiro atoms. The van der Waals surface area contributed by atoms with Crippen LogP contribution in [0.25, 0.3) is 0 Å². The molecule has 1 aliphatic rings. The summed E-state index contributed by atoms with van der Waals surface area (Å²) in [7, 11) is 3.33. The molecule has 4 nitrogen and oxygen atoms in total. The molecule has 3 atom stereocenters. The van der Waals surface area contributed by atoms with Crippen LogP contribution in [0.3, 0.4) is 0 Å². The summed E-state index contributed by atoms with van der Waals surface area (Å²) in [6, 6.07) is 0.201. The first kappa shape index (κ1) is 10.1. The minimum absolute atomic E-state index is 0.0711. The second-order valence-electron chi connectivity index (χ2n) is 2.87. The van der Waals surface area contributed by atoms with Crippen LogP contribution in [0.15, 0.2) is 0 Å². The molecule has 12 heavy (non-hydrogen) atoms. The Labute approximate surface area is 74.3 Å². The van der Waals surface area contributed by atoms with Gasteiger partial charge in [0.15, 0.2) is 0 Å². The minimum atomic E-state index is -0.301. The summed E-state index contributed by atoms with van der Waals surface area (Å²) in [6.45, 7) is 0.327. The first-order valence-electron chi connectivity index (χ1n) is 3.90. The van der Waals surface area contributed by atoms with Gasteiger partial charge in [0.2, 0.25) is 0 Å². The van der Waals surface area contributed by atoms with E-state index >= 15 is 0 Å². The summed E-state index contributed by atoms with van der Waals surface area (Å²) >= 11 is 0. The average molecular weight is 190 g/mol.